The zero-order valence-electron chi connectivity index (χ0n) is 39.1. The first kappa shape index (κ1) is 60.2. The van der Waals surface area contributed by atoms with Gasteiger partial charge in [0.05, 0.1) is 0 Å². The molecule has 344 valence electrons. The van der Waals surface area contributed by atoms with Gasteiger partial charge in [-0.25, -0.2) is 0 Å². The highest BCUT2D eigenvalue weighted by atomic mass is 16.4. The molecule has 0 saturated carbocycles. The van der Waals surface area contributed by atoms with Gasteiger partial charge in [0, 0.05) is 19.3 Å². The summed E-state index contributed by atoms with van der Waals surface area (Å²) in [5.41, 5.74) is 0. The highest BCUT2D eigenvalue weighted by molar-refractivity contribution is 5.67. The molecule has 6 heteroatoms. The Hall–Kier alpha value is -2.11. The van der Waals surface area contributed by atoms with Crippen LogP contribution in [0, 0.1) is 0 Å². The molecule has 0 unspecified atom stereocenters. The van der Waals surface area contributed by atoms with Gasteiger partial charge in [0.2, 0.25) is 0 Å². The van der Waals surface area contributed by atoms with E-state index >= 15 is 0 Å². The van der Waals surface area contributed by atoms with E-state index in [1.165, 1.54) is 212 Å². The highest BCUT2D eigenvalue weighted by Crippen LogP contribution is 2.14. The summed E-state index contributed by atoms with van der Waals surface area (Å²) in [6.45, 7) is 6.77. The van der Waals surface area contributed by atoms with Crippen molar-refractivity contribution in [2.75, 3.05) is 0 Å². The van der Waals surface area contributed by atoms with Crippen molar-refractivity contribution in [3.63, 3.8) is 0 Å². The number of hydrogen-bond acceptors (Lipinski definition) is 3. The lowest BCUT2D eigenvalue weighted by Gasteiger charge is -2.03. The lowest BCUT2D eigenvalue weighted by atomic mass is 10.0. The van der Waals surface area contributed by atoms with Gasteiger partial charge >= 0.3 is 17.9 Å². The normalized spacial score (nSPS) is 11.1. The Bertz CT molecular complexity index is 866. The van der Waals surface area contributed by atoms with Gasteiger partial charge in [-0.15, -0.1) is 0 Å². The number of carboxylic acid groups (broad SMARTS) is 3. The SMILES string of the molecule is CCCCCC/C=C\CCCCCCCC(=O)O.CCCCCCCC/C=C\CCCCCCCC(=O)O.CCCCCCCCCCCCCCCCCC(=O)O. The maximum Gasteiger partial charge on any atom is 0.303 e. The van der Waals surface area contributed by atoms with E-state index in [2.05, 4.69) is 45.1 Å². The molecule has 58 heavy (non-hydrogen) atoms. The molecule has 0 radical (unpaired) electrons. The number of carboxylic acids is 3. The third-order valence-corrected chi connectivity index (χ3v) is 10.8. The zero-order chi connectivity index (χ0) is 43.3. The second-order valence-electron chi connectivity index (χ2n) is 16.8. The lowest BCUT2D eigenvalue weighted by Crippen LogP contribution is -1.93. The minimum absolute atomic E-state index is 0.331. The van der Waals surface area contributed by atoms with E-state index in [9.17, 15) is 14.4 Å². The topological polar surface area (TPSA) is 112 Å². The number of carbonyl (C=O) groups is 3. The average molecular weight is 821 g/mol. The summed E-state index contributed by atoms with van der Waals surface area (Å²) in [4.78, 5) is 30.9. The largest absolute Gasteiger partial charge is 0.481 e. The smallest absolute Gasteiger partial charge is 0.303 e. The third kappa shape index (κ3) is 68.6. The first-order valence-electron chi connectivity index (χ1n) is 25.3. The zero-order valence-corrected chi connectivity index (χ0v) is 39.1. The van der Waals surface area contributed by atoms with Crippen LogP contribution in [0.4, 0.5) is 0 Å². The van der Waals surface area contributed by atoms with Gasteiger partial charge in [-0.1, -0.05) is 225 Å². The van der Waals surface area contributed by atoms with E-state index in [-0.39, 0.29) is 0 Å². The van der Waals surface area contributed by atoms with Crippen molar-refractivity contribution in [1.29, 1.82) is 0 Å². The quantitative estimate of drug-likeness (QED) is 0.0417. The molecule has 0 rings (SSSR count). The predicted octanol–water partition coefficient (Wildman–Crippen LogP) is 17.8. The molecule has 0 aromatic rings. The summed E-state index contributed by atoms with van der Waals surface area (Å²) in [7, 11) is 0. The molecular formula is C52H100O6. The molecule has 0 aromatic carbocycles. The number of aliphatic carboxylic acids is 3. The second-order valence-corrected chi connectivity index (χ2v) is 16.8. The van der Waals surface area contributed by atoms with E-state index in [0.717, 1.165) is 38.5 Å². The van der Waals surface area contributed by atoms with Crippen molar-refractivity contribution in [3.8, 4) is 0 Å². The molecule has 0 spiro atoms. The molecule has 0 aliphatic carbocycles. The number of allylic oxidation sites excluding steroid dienone is 4. The summed E-state index contributed by atoms with van der Waals surface area (Å²) in [6, 6.07) is 0. The fourth-order valence-corrected chi connectivity index (χ4v) is 6.99. The Morgan fingerprint density at radius 2 is 0.414 bits per heavy atom. The van der Waals surface area contributed by atoms with Crippen LogP contribution in [-0.4, -0.2) is 33.2 Å². The van der Waals surface area contributed by atoms with E-state index in [0.29, 0.717) is 19.3 Å². The van der Waals surface area contributed by atoms with Gasteiger partial charge in [-0.05, 0) is 70.6 Å². The summed E-state index contributed by atoms with van der Waals surface area (Å²) >= 11 is 0. The van der Waals surface area contributed by atoms with Crippen molar-refractivity contribution in [2.45, 2.75) is 290 Å². The predicted molar refractivity (Wildman–Crippen MR) is 252 cm³/mol. The molecule has 3 N–H and O–H groups in total. The average Bonchev–Trinajstić information content (AvgIpc) is 3.20. The van der Waals surface area contributed by atoms with Crippen LogP contribution in [0.3, 0.4) is 0 Å². The molecular weight excluding hydrogens is 721 g/mol. The monoisotopic (exact) mass is 821 g/mol. The van der Waals surface area contributed by atoms with Crippen LogP contribution in [0.25, 0.3) is 0 Å². The second kappa shape index (κ2) is 57.0. The van der Waals surface area contributed by atoms with Gasteiger partial charge in [0.1, 0.15) is 0 Å². The maximum absolute atomic E-state index is 10.3. The number of hydrogen-bond donors (Lipinski definition) is 3. The van der Waals surface area contributed by atoms with Crippen LogP contribution in [-0.2, 0) is 14.4 Å². The van der Waals surface area contributed by atoms with Gasteiger partial charge in [0.15, 0.2) is 0 Å². The van der Waals surface area contributed by atoms with Crippen LogP contribution < -0.4 is 0 Å². The Kier molecular flexibility index (Phi) is 59.1. The van der Waals surface area contributed by atoms with Crippen molar-refractivity contribution in [1.82, 2.24) is 0 Å². The Morgan fingerprint density at radius 3 is 0.603 bits per heavy atom. The summed E-state index contributed by atoms with van der Waals surface area (Å²) in [5, 5.41) is 25.5. The molecule has 0 atom stereocenters. The van der Waals surface area contributed by atoms with Crippen molar-refractivity contribution >= 4 is 17.9 Å². The van der Waals surface area contributed by atoms with E-state index in [1.807, 2.05) is 0 Å². The molecule has 0 aliphatic heterocycles. The van der Waals surface area contributed by atoms with Crippen molar-refractivity contribution in [2.24, 2.45) is 0 Å². The van der Waals surface area contributed by atoms with Crippen LogP contribution in [0.5, 0.6) is 0 Å². The Labute approximate surface area is 361 Å². The van der Waals surface area contributed by atoms with E-state index in [1.54, 1.807) is 0 Å². The first-order valence-corrected chi connectivity index (χ1v) is 25.3. The fraction of sp³-hybridized carbons (Fsp3) is 0.865. The molecule has 0 fully saturated rings. The maximum atomic E-state index is 10.3. The molecule has 0 aliphatic rings. The minimum Gasteiger partial charge on any atom is -0.481 e. The van der Waals surface area contributed by atoms with Crippen LogP contribution in [0.2, 0.25) is 0 Å². The minimum atomic E-state index is -0.666. The lowest BCUT2D eigenvalue weighted by molar-refractivity contribution is -0.138. The first-order chi connectivity index (χ1) is 28.3. The Morgan fingerprint density at radius 1 is 0.259 bits per heavy atom. The van der Waals surface area contributed by atoms with Gasteiger partial charge in [-0.2, -0.15) is 0 Å². The molecule has 0 amide bonds. The van der Waals surface area contributed by atoms with E-state index < -0.39 is 17.9 Å². The standard InChI is InChI=1S/C18H36O2.C18H34O2.C16H30O2/c2*1-2-3-4-5-6-7-8-9-10-11-12-13-14-15-16-17-18(19)20;1-2-3-4-5-6-7-8-9-10-11-12-13-14-15-16(17)18/h2-17H2,1H3,(H,19,20);9-10H,2-8,11-17H2,1H3,(H,19,20);7-8H,2-6,9-15H2,1H3,(H,17,18)/b;10-9-;8-7-. The van der Waals surface area contributed by atoms with Crippen LogP contribution in [0.1, 0.15) is 290 Å². The summed E-state index contributed by atoms with van der Waals surface area (Å²) < 4.78 is 0. The molecule has 0 aromatic heterocycles. The Balaban J connectivity index is -0.000000784. The van der Waals surface area contributed by atoms with Gasteiger partial charge in [-0.3, -0.25) is 14.4 Å². The molecule has 0 saturated heterocycles. The summed E-state index contributed by atoms with van der Waals surface area (Å²) in [5.74, 6) is -1.98. The highest BCUT2D eigenvalue weighted by Gasteiger charge is 1.99. The number of unbranched alkanes of at least 4 members (excludes halogenated alkanes) is 34. The van der Waals surface area contributed by atoms with Crippen molar-refractivity contribution < 1.29 is 29.7 Å². The fourth-order valence-electron chi connectivity index (χ4n) is 6.99. The molecule has 6 nitrogen and oxygen atoms in total. The molecule has 0 bridgehead atoms. The number of rotatable bonds is 44. The summed E-state index contributed by atoms with van der Waals surface area (Å²) in [6.07, 6.45) is 59.8. The van der Waals surface area contributed by atoms with Crippen LogP contribution in [0.15, 0.2) is 24.3 Å². The third-order valence-electron chi connectivity index (χ3n) is 10.8. The van der Waals surface area contributed by atoms with Crippen molar-refractivity contribution in [3.05, 3.63) is 24.3 Å². The van der Waals surface area contributed by atoms with Crippen LogP contribution >= 0.6 is 0 Å². The van der Waals surface area contributed by atoms with Gasteiger partial charge in [0.25, 0.3) is 0 Å². The molecule has 0 heterocycles. The van der Waals surface area contributed by atoms with E-state index in [4.69, 9.17) is 15.3 Å². The van der Waals surface area contributed by atoms with Gasteiger partial charge < -0.3 is 15.3 Å².